The quantitative estimate of drug-likeness (QED) is 0.747. The minimum atomic E-state index is -0.922. The number of aromatic nitrogens is 1. The molecule has 0 radical (unpaired) electrons. The van der Waals surface area contributed by atoms with E-state index >= 15 is 0 Å². The van der Waals surface area contributed by atoms with Gasteiger partial charge in [0.25, 0.3) is 5.91 Å². The van der Waals surface area contributed by atoms with Gasteiger partial charge in [0.05, 0.1) is 5.69 Å². The van der Waals surface area contributed by atoms with Gasteiger partial charge in [-0.1, -0.05) is 13.8 Å². The second kappa shape index (κ2) is 8.49. The lowest BCUT2D eigenvalue weighted by molar-refractivity contribution is 0.0783. The lowest BCUT2D eigenvalue weighted by Crippen LogP contribution is -2.36. The molecular weight excluding hydrogens is 344 g/mol. The molecular formula is C18H23F2N3OS. The molecule has 0 bridgehead atoms. The van der Waals surface area contributed by atoms with Crippen LogP contribution in [0, 0.1) is 18.6 Å². The van der Waals surface area contributed by atoms with E-state index in [-0.39, 0.29) is 5.91 Å². The maximum Gasteiger partial charge on any atom is 0.265 e. The number of benzene rings is 1. The van der Waals surface area contributed by atoms with E-state index < -0.39 is 11.6 Å². The maximum absolute atomic E-state index is 13.4. The van der Waals surface area contributed by atoms with Gasteiger partial charge < -0.3 is 9.80 Å². The summed E-state index contributed by atoms with van der Waals surface area (Å²) in [6.07, 6.45) is 0. The molecule has 1 aromatic heterocycles. The van der Waals surface area contributed by atoms with Crippen molar-refractivity contribution in [1.82, 2.24) is 14.8 Å². The van der Waals surface area contributed by atoms with Crippen LogP contribution in [-0.4, -0.2) is 53.9 Å². The van der Waals surface area contributed by atoms with Crippen molar-refractivity contribution < 1.29 is 13.6 Å². The van der Waals surface area contributed by atoms with E-state index in [4.69, 9.17) is 0 Å². The van der Waals surface area contributed by atoms with Crippen LogP contribution in [-0.2, 0) is 0 Å². The van der Waals surface area contributed by atoms with Gasteiger partial charge in [0.1, 0.15) is 9.88 Å². The highest BCUT2D eigenvalue weighted by atomic mass is 32.1. The number of aryl methyl sites for hydroxylation is 1. The lowest BCUT2D eigenvalue weighted by atomic mass is 10.2. The zero-order valence-electron chi connectivity index (χ0n) is 15.0. The normalized spacial score (nSPS) is 11.2. The summed E-state index contributed by atoms with van der Waals surface area (Å²) in [6, 6.07) is 3.64. The summed E-state index contributed by atoms with van der Waals surface area (Å²) < 4.78 is 26.5. The predicted molar refractivity (Wildman–Crippen MR) is 97.0 cm³/mol. The van der Waals surface area contributed by atoms with Crippen LogP contribution >= 0.6 is 11.3 Å². The third-order valence-electron chi connectivity index (χ3n) is 4.15. The first-order valence-electron chi connectivity index (χ1n) is 8.28. The van der Waals surface area contributed by atoms with Gasteiger partial charge in [-0.25, -0.2) is 13.8 Å². The molecule has 25 heavy (non-hydrogen) atoms. The third-order valence-corrected chi connectivity index (χ3v) is 5.34. The van der Waals surface area contributed by atoms with E-state index in [0.717, 1.165) is 31.8 Å². The molecule has 0 fully saturated rings. The number of carbonyl (C=O) groups excluding carboxylic acids is 1. The van der Waals surface area contributed by atoms with Crippen LogP contribution in [0.25, 0.3) is 10.6 Å². The monoisotopic (exact) mass is 367 g/mol. The summed E-state index contributed by atoms with van der Waals surface area (Å²) in [5, 5.41) is 0.511. The lowest BCUT2D eigenvalue weighted by Gasteiger charge is -2.22. The van der Waals surface area contributed by atoms with Crippen LogP contribution in [0.3, 0.4) is 0 Å². The van der Waals surface area contributed by atoms with Crippen molar-refractivity contribution in [2.24, 2.45) is 0 Å². The molecule has 7 heteroatoms. The Labute approximate surface area is 151 Å². The number of hydrogen-bond acceptors (Lipinski definition) is 4. The number of hydrogen-bond donors (Lipinski definition) is 0. The molecule has 2 rings (SSSR count). The molecule has 0 N–H and O–H groups in total. The van der Waals surface area contributed by atoms with Gasteiger partial charge in [-0.05, 0) is 38.2 Å². The number of thiazole rings is 1. The predicted octanol–water partition coefficient (Wildman–Crippen LogP) is 3.81. The molecule has 1 amide bonds. The zero-order chi connectivity index (χ0) is 18.6. The Morgan fingerprint density at radius 1 is 1.16 bits per heavy atom. The number of amides is 1. The molecule has 0 aliphatic carbocycles. The van der Waals surface area contributed by atoms with Gasteiger partial charge in [0, 0.05) is 25.7 Å². The molecule has 0 saturated carbocycles. The Bertz CT molecular complexity index is 744. The van der Waals surface area contributed by atoms with Crippen LogP contribution in [0.4, 0.5) is 8.78 Å². The van der Waals surface area contributed by atoms with Crippen LogP contribution < -0.4 is 0 Å². The van der Waals surface area contributed by atoms with Crippen LogP contribution in [0.15, 0.2) is 18.2 Å². The van der Waals surface area contributed by atoms with Gasteiger partial charge in [0.15, 0.2) is 11.6 Å². The van der Waals surface area contributed by atoms with E-state index in [2.05, 4.69) is 23.7 Å². The SMILES string of the molecule is CCN(CC)CCN(C)C(=O)c1sc(-c2ccc(F)c(F)c2)nc1C. The van der Waals surface area contributed by atoms with Crippen LogP contribution in [0.2, 0.25) is 0 Å². The maximum atomic E-state index is 13.4. The molecule has 1 aromatic carbocycles. The van der Waals surface area contributed by atoms with Crippen LogP contribution in [0.1, 0.15) is 29.2 Å². The summed E-state index contributed by atoms with van der Waals surface area (Å²) in [4.78, 5) is 21.5. The highest BCUT2D eigenvalue weighted by Gasteiger charge is 2.20. The average Bonchev–Trinajstić information content (AvgIpc) is 2.99. The largest absolute Gasteiger partial charge is 0.340 e. The Morgan fingerprint density at radius 3 is 2.44 bits per heavy atom. The number of nitrogens with zero attached hydrogens (tertiary/aromatic N) is 3. The van der Waals surface area contributed by atoms with Gasteiger partial charge in [-0.3, -0.25) is 4.79 Å². The van der Waals surface area contributed by atoms with Gasteiger partial charge in [0.2, 0.25) is 0 Å². The molecule has 0 spiro atoms. The second-order valence-corrected chi connectivity index (χ2v) is 6.82. The Balaban J connectivity index is 2.15. The van der Waals surface area contributed by atoms with E-state index in [9.17, 15) is 13.6 Å². The zero-order valence-corrected chi connectivity index (χ0v) is 15.8. The van der Waals surface area contributed by atoms with E-state index in [1.54, 1.807) is 18.9 Å². The van der Waals surface area contributed by atoms with Gasteiger partial charge in [-0.15, -0.1) is 11.3 Å². The third kappa shape index (κ3) is 4.61. The summed E-state index contributed by atoms with van der Waals surface area (Å²) in [5.41, 5.74) is 1.07. The molecule has 0 saturated heterocycles. The first-order chi connectivity index (χ1) is 11.9. The first kappa shape index (κ1) is 19.5. The first-order valence-corrected chi connectivity index (χ1v) is 9.09. The Morgan fingerprint density at radius 2 is 1.84 bits per heavy atom. The summed E-state index contributed by atoms with van der Waals surface area (Å²) >= 11 is 1.20. The minimum Gasteiger partial charge on any atom is -0.340 e. The van der Waals surface area contributed by atoms with E-state index in [1.165, 1.54) is 17.4 Å². The number of likely N-dealkylation sites (N-methyl/N-ethyl adjacent to an activating group) is 2. The van der Waals surface area contributed by atoms with Gasteiger partial charge in [-0.2, -0.15) is 0 Å². The summed E-state index contributed by atoms with van der Waals surface area (Å²) in [5.74, 6) is -1.92. The van der Waals surface area contributed by atoms with Crippen molar-refractivity contribution in [3.8, 4) is 10.6 Å². The summed E-state index contributed by atoms with van der Waals surface area (Å²) in [7, 11) is 1.77. The number of halogens is 2. The highest BCUT2D eigenvalue weighted by molar-refractivity contribution is 7.17. The average molecular weight is 367 g/mol. The smallest absolute Gasteiger partial charge is 0.265 e. The van der Waals surface area contributed by atoms with Crippen molar-refractivity contribution in [1.29, 1.82) is 0 Å². The fourth-order valence-electron chi connectivity index (χ4n) is 2.45. The molecule has 0 atom stereocenters. The molecule has 1 heterocycles. The van der Waals surface area contributed by atoms with Crippen molar-refractivity contribution in [3.05, 3.63) is 40.4 Å². The van der Waals surface area contributed by atoms with Crippen molar-refractivity contribution in [2.45, 2.75) is 20.8 Å². The fourth-order valence-corrected chi connectivity index (χ4v) is 3.51. The van der Waals surface area contributed by atoms with E-state index in [0.29, 0.717) is 27.7 Å². The highest BCUT2D eigenvalue weighted by Crippen LogP contribution is 2.29. The molecule has 0 aliphatic rings. The number of rotatable bonds is 7. The number of carbonyl (C=O) groups is 1. The Kier molecular flexibility index (Phi) is 6.61. The summed E-state index contributed by atoms with van der Waals surface area (Å²) in [6.45, 7) is 9.25. The molecule has 2 aromatic rings. The van der Waals surface area contributed by atoms with Crippen molar-refractivity contribution in [3.63, 3.8) is 0 Å². The molecule has 0 unspecified atom stereocenters. The molecule has 136 valence electrons. The minimum absolute atomic E-state index is 0.101. The molecule has 0 aliphatic heterocycles. The Hall–Kier alpha value is -1.86. The van der Waals surface area contributed by atoms with Crippen molar-refractivity contribution >= 4 is 17.2 Å². The van der Waals surface area contributed by atoms with Crippen molar-refractivity contribution in [2.75, 3.05) is 33.2 Å². The van der Waals surface area contributed by atoms with E-state index in [1.807, 2.05) is 0 Å². The van der Waals surface area contributed by atoms with Crippen LogP contribution in [0.5, 0.6) is 0 Å². The molecule has 4 nitrogen and oxygen atoms in total. The standard InChI is InChI=1S/C18H23F2N3OS/c1-5-23(6-2)10-9-22(4)18(24)16-12(3)21-17(25-16)13-7-8-14(19)15(20)11-13/h7-8,11H,5-6,9-10H2,1-4H3. The second-order valence-electron chi connectivity index (χ2n) is 5.82. The topological polar surface area (TPSA) is 36.4 Å². The fraction of sp³-hybridized carbons (Fsp3) is 0.444. The van der Waals surface area contributed by atoms with Gasteiger partial charge >= 0.3 is 0 Å².